The van der Waals surface area contributed by atoms with Gasteiger partial charge in [0, 0.05) is 18.3 Å². The van der Waals surface area contributed by atoms with Crippen LogP contribution in [-0.4, -0.2) is 11.6 Å². The van der Waals surface area contributed by atoms with Crippen molar-refractivity contribution in [3.8, 4) is 12.3 Å². The number of Topliss-reactive ketones (excluding diaryl/α,β-unsaturated/α-hetero) is 2. The molecule has 0 amide bonds. The highest BCUT2D eigenvalue weighted by Gasteiger charge is 2.21. The summed E-state index contributed by atoms with van der Waals surface area (Å²) in [6, 6.07) is 0. The number of rotatable bonds is 4. The van der Waals surface area contributed by atoms with Crippen LogP contribution in [0.2, 0.25) is 0 Å². The number of hydrogen-bond donors (Lipinski definition) is 0. The molecule has 0 fully saturated rings. The summed E-state index contributed by atoms with van der Waals surface area (Å²) in [5.41, 5.74) is -0.351. The molecule has 0 spiro atoms. The topological polar surface area (TPSA) is 34.1 Å². The van der Waals surface area contributed by atoms with E-state index in [1.165, 1.54) is 0 Å². The third-order valence-electron chi connectivity index (χ3n) is 1.77. The van der Waals surface area contributed by atoms with E-state index in [0.29, 0.717) is 6.42 Å². The maximum absolute atomic E-state index is 11.4. The van der Waals surface area contributed by atoms with Gasteiger partial charge >= 0.3 is 0 Å². The van der Waals surface area contributed by atoms with E-state index in [1.54, 1.807) is 0 Å². The highest BCUT2D eigenvalue weighted by Crippen LogP contribution is 2.17. The zero-order valence-electron chi connectivity index (χ0n) is 8.52. The summed E-state index contributed by atoms with van der Waals surface area (Å²) in [5.74, 6) is 2.35. The van der Waals surface area contributed by atoms with Crippen molar-refractivity contribution in [2.24, 2.45) is 5.41 Å². The molecule has 0 aromatic heterocycles. The van der Waals surface area contributed by atoms with E-state index in [2.05, 4.69) is 5.92 Å². The normalized spacial score (nSPS) is 10.6. The Hall–Kier alpha value is -1.10. The lowest BCUT2D eigenvalue weighted by Gasteiger charge is -2.15. The van der Waals surface area contributed by atoms with Gasteiger partial charge in [0.2, 0.25) is 0 Å². The Kier molecular flexibility index (Phi) is 4.40. The first-order valence-electron chi connectivity index (χ1n) is 4.36. The Morgan fingerprint density at radius 2 is 1.77 bits per heavy atom. The Bertz CT molecular complexity index is 238. The van der Waals surface area contributed by atoms with Crippen LogP contribution in [0.4, 0.5) is 0 Å². The van der Waals surface area contributed by atoms with Gasteiger partial charge in [-0.3, -0.25) is 9.59 Å². The van der Waals surface area contributed by atoms with Crippen molar-refractivity contribution in [3.63, 3.8) is 0 Å². The molecule has 0 unspecified atom stereocenters. The van der Waals surface area contributed by atoms with Gasteiger partial charge in [-0.1, -0.05) is 26.7 Å². The monoisotopic (exact) mass is 180 g/mol. The third kappa shape index (κ3) is 5.19. The first-order valence-corrected chi connectivity index (χ1v) is 4.36. The zero-order chi connectivity index (χ0) is 10.5. The van der Waals surface area contributed by atoms with Crippen LogP contribution < -0.4 is 0 Å². The van der Waals surface area contributed by atoms with Crippen LogP contribution in [0.5, 0.6) is 0 Å². The molecule has 0 bridgehead atoms. The molecule has 0 aliphatic heterocycles. The van der Waals surface area contributed by atoms with Crippen LogP contribution in [0.15, 0.2) is 0 Å². The fourth-order valence-electron chi connectivity index (χ4n) is 0.830. The van der Waals surface area contributed by atoms with Crippen molar-refractivity contribution in [1.82, 2.24) is 0 Å². The summed E-state index contributed by atoms with van der Waals surface area (Å²) in [5, 5.41) is 0. The van der Waals surface area contributed by atoms with Gasteiger partial charge in [0.15, 0.2) is 0 Å². The second kappa shape index (κ2) is 4.81. The molecular formula is C11H16O2. The van der Waals surface area contributed by atoms with E-state index >= 15 is 0 Å². The molecule has 72 valence electrons. The molecule has 0 aliphatic carbocycles. The molecule has 0 heterocycles. The predicted molar refractivity (Wildman–Crippen MR) is 52.2 cm³/mol. The van der Waals surface area contributed by atoms with E-state index in [9.17, 15) is 9.59 Å². The summed E-state index contributed by atoms with van der Waals surface area (Å²) in [7, 11) is 0. The Labute approximate surface area is 79.7 Å². The van der Waals surface area contributed by atoms with E-state index < -0.39 is 0 Å². The van der Waals surface area contributed by atoms with Crippen LogP contribution in [0.3, 0.4) is 0 Å². The smallest absolute Gasteiger partial charge is 0.145 e. The Balaban J connectivity index is 3.86. The molecule has 13 heavy (non-hydrogen) atoms. The molecule has 0 atom stereocenters. The van der Waals surface area contributed by atoms with E-state index in [0.717, 1.165) is 0 Å². The lowest BCUT2D eigenvalue weighted by molar-refractivity contribution is -0.128. The van der Waals surface area contributed by atoms with Crippen LogP contribution in [-0.2, 0) is 9.59 Å². The van der Waals surface area contributed by atoms with Crippen molar-refractivity contribution < 1.29 is 9.59 Å². The summed E-state index contributed by atoms with van der Waals surface area (Å²) in [4.78, 5) is 22.3. The molecule has 0 radical (unpaired) electrons. The molecule has 0 saturated carbocycles. The largest absolute Gasteiger partial charge is 0.299 e. The number of carbonyl (C=O) groups is 2. The van der Waals surface area contributed by atoms with Crippen molar-refractivity contribution in [2.75, 3.05) is 0 Å². The first kappa shape index (κ1) is 11.9. The fraction of sp³-hybridized carbons (Fsp3) is 0.636. The molecule has 0 N–H and O–H groups in total. The summed E-state index contributed by atoms with van der Waals surface area (Å²) < 4.78 is 0. The molecule has 2 nitrogen and oxygen atoms in total. The molecular weight excluding hydrogens is 164 g/mol. The van der Waals surface area contributed by atoms with Gasteiger partial charge in [-0.25, -0.2) is 0 Å². The molecule has 0 aromatic carbocycles. The van der Waals surface area contributed by atoms with Crippen molar-refractivity contribution in [2.45, 2.75) is 40.0 Å². The third-order valence-corrected chi connectivity index (χ3v) is 1.77. The second-order valence-electron chi connectivity index (χ2n) is 4.09. The van der Waals surface area contributed by atoms with E-state index in [-0.39, 0.29) is 29.8 Å². The van der Waals surface area contributed by atoms with Crippen molar-refractivity contribution >= 4 is 11.6 Å². The zero-order valence-corrected chi connectivity index (χ0v) is 8.52. The van der Waals surface area contributed by atoms with Gasteiger partial charge in [0.05, 0.1) is 6.42 Å². The number of terminal acetylenes is 1. The van der Waals surface area contributed by atoms with Gasteiger partial charge in [0.1, 0.15) is 11.6 Å². The van der Waals surface area contributed by atoms with E-state index in [1.807, 2.05) is 20.8 Å². The highest BCUT2D eigenvalue weighted by molar-refractivity contribution is 5.89. The SMILES string of the molecule is C#CCC(=O)CCC(=O)C(C)(C)C. The van der Waals surface area contributed by atoms with Crippen molar-refractivity contribution in [3.05, 3.63) is 0 Å². The molecule has 2 heteroatoms. The molecule has 0 saturated heterocycles. The molecule has 0 aliphatic rings. The van der Waals surface area contributed by atoms with Gasteiger partial charge in [-0.15, -0.1) is 6.42 Å². The summed E-state index contributed by atoms with van der Waals surface area (Å²) >= 11 is 0. The Morgan fingerprint density at radius 3 is 2.15 bits per heavy atom. The van der Waals surface area contributed by atoms with Gasteiger partial charge < -0.3 is 0 Å². The lowest BCUT2D eigenvalue weighted by atomic mass is 9.88. The maximum Gasteiger partial charge on any atom is 0.145 e. The summed E-state index contributed by atoms with van der Waals surface area (Å²) in [6.45, 7) is 5.54. The Morgan fingerprint density at radius 1 is 1.23 bits per heavy atom. The van der Waals surface area contributed by atoms with Crippen LogP contribution in [0.1, 0.15) is 40.0 Å². The lowest BCUT2D eigenvalue weighted by Crippen LogP contribution is -2.20. The standard InChI is InChI=1S/C11H16O2/c1-5-6-9(12)7-8-10(13)11(2,3)4/h1H,6-8H2,2-4H3. The van der Waals surface area contributed by atoms with Gasteiger partial charge in [0.25, 0.3) is 0 Å². The predicted octanol–water partition coefficient (Wildman–Crippen LogP) is 1.97. The minimum atomic E-state index is -0.351. The van der Waals surface area contributed by atoms with Gasteiger partial charge in [-0.05, 0) is 0 Å². The highest BCUT2D eigenvalue weighted by atomic mass is 16.1. The first-order chi connectivity index (χ1) is 5.88. The van der Waals surface area contributed by atoms with Crippen LogP contribution >= 0.6 is 0 Å². The van der Waals surface area contributed by atoms with Crippen LogP contribution in [0, 0.1) is 17.8 Å². The quantitative estimate of drug-likeness (QED) is 0.620. The number of ketones is 2. The number of hydrogen-bond acceptors (Lipinski definition) is 2. The van der Waals surface area contributed by atoms with E-state index in [4.69, 9.17) is 6.42 Å². The molecule has 0 aromatic rings. The van der Waals surface area contributed by atoms with Crippen molar-refractivity contribution in [1.29, 1.82) is 0 Å². The fourth-order valence-corrected chi connectivity index (χ4v) is 0.830. The average molecular weight is 180 g/mol. The van der Waals surface area contributed by atoms with Gasteiger partial charge in [-0.2, -0.15) is 0 Å². The number of carbonyl (C=O) groups excluding carboxylic acids is 2. The molecule has 0 rings (SSSR count). The van der Waals surface area contributed by atoms with Crippen LogP contribution in [0.25, 0.3) is 0 Å². The maximum atomic E-state index is 11.4. The second-order valence-corrected chi connectivity index (χ2v) is 4.09. The average Bonchev–Trinajstić information content (AvgIpc) is 1.99. The summed E-state index contributed by atoms with van der Waals surface area (Å²) in [6.07, 6.45) is 5.69. The minimum Gasteiger partial charge on any atom is -0.299 e. The minimum absolute atomic E-state index is 0.0277.